The number of rotatable bonds is 13. The first-order chi connectivity index (χ1) is 17.1. The lowest BCUT2D eigenvalue weighted by Crippen LogP contribution is -2.49. The highest BCUT2D eigenvalue weighted by Crippen LogP contribution is 2.22. The molecule has 3 rings (SSSR count). The molecule has 35 heavy (non-hydrogen) atoms. The Morgan fingerprint density at radius 3 is 2.20 bits per heavy atom. The minimum absolute atomic E-state index is 0.0791. The van der Waals surface area contributed by atoms with Gasteiger partial charge in [-0.2, -0.15) is 5.53 Å². The van der Waals surface area contributed by atoms with Gasteiger partial charge in [0, 0.05) is 5.69 Å². The highest BCUT2D eigenvalue weighted by molar-refractivity contribution is 5.97. The van der Waals surface area contributed by atoms with E-state index in [2.05, 4.69) is 15.9 Å². The molecule has 0 aliphatic rings. The van der Waals surface area contributed by atoms with Crippen molar-refractivity contribution in [2.45, 2.75) is 12.6 Å². The zero-order chi connectivity index (χ0) is 24.9. The smallest absolute Gasteiger partial charge is 0.249 e. The fourth-order valence-corrected chi connectivity index (χ4v) is 3.01. The maximum absolute atomic E-state index is 12.9. The Morgan fingerprint density at radius 2 is 1.57 bits per heavy atom. The molecule has 2 amide bonds. The van der Waals surface area contributed by atoms with Gasteiger partial charge in [0.15, 0.2) is 0 Å². The molecule has 3 aromatic rings. The Labute approximate surface area is 202 Å². The second-order valence-electron chi connectivity index (χ2n) is 7.38. The molecule has 3 aromatic carbocycles. The fraction of sp³-hybridized carbons (Fsp3) is 0.160. The van der Waals surface area contributed by atoms with Crippen LogP contribution in [0, 0.1) is 10.9 Å². The number of amides is 2. The molecule has 0 aliphatic heterocycles. The van der Waals surface area contributed by atoms with E-state index in [1.807, 2.05) is 60.7 Å². The average molecular weight is 475 g/mol. The number of para-hydroxylation sites is 1. The van der Waals surface area contributed by atoms with Crippen LogP contribution in [0.15, 0.2) is 90.2 Å². The molecule has 0 spiro atoms. The number of benzene rings is 3. The summed E-state index contributed by atoms with van der Waals surface area (Å²) in [5.74, 6) is 0.240. The van der Waals surface area contributed by atoms with Crippen molar-refractivity contribution in [2.24, 2.45) is 5.22 Å². The van der Waals surface area contributed by atoms with Gasteiger partial charge in [-0.05, 0) is 42.0 Å². The van der Waals surface area contributed by atoms with Gasteiger partial charge in [0.2, 0.25) is 11.8 Å². The monoisotopic (exact) mass is 474 g/mol. The highest BCUT2D eigenvalue weighted by atomic mass is 16.5. The zero-order valence-corrected chi connectivity index (χ0v) is 18.9. The van der Waals surface area contributed by atoms with E-state index in [-0.39, 0.29) is 19.8 Å². The Morgan fingerprint density at radius 1 is 0.943 bits per heavy atom. The molecule has 10 nitrogen and oxygen atoms in total. The van der Waals surface area contributed by atoms with Crippen LogP contribution in [0.2, 0.25) is 0 Å². The maximum Gasteiger partial charge on any atom is 0.249 e. The van der Waals surface area contributed by atoms with Gasteiger partial charge in [-0.25, -0.2) is 5.01 Å². The van der Waals surface area contributed by atoms with Gasteiger partial charge in [0.05, 0.1) is 13.2 Å². The largest absolute Gasteiger partial charge is 0.457 e. The lowest BCUT2D eigenvalue weighted by molar-refractivity contribution is -0.128. The van der Waals surface area contributed by atoms with Gasteiger partial charge < -0.3 is 20.1 Å². The molecule has 1 unspecified atom stereocenters. The maximum atomic E-state index is 12.9. The molecule has 0 saturated carbocycles. The van der Waals surface area contributed by atoms with Crippen molar-refractivity contribution in [1.29, 1.82) is 10.9 Å². The fourth-order valence-electron chi connectivity index (χ4n) is 3.01. The summed E-state index contributed by atoms with van der Waals surface area (Å²) in [6.45, 7) is -0.189. The van der Waals surface area contributed by atoms with Crippen LogP contribution in [-0.4, -0.2) is 42.4 Å². The molecule has 0 bridgehead atoms. The SMILES string of the molecule is N=CN(CC(=O)NC(COCc1ccccc1)C(=O)Nc1ccc(Oc2ccccc2)cc1)N=N. The van der Waals surface area contributed by atoms with Crippen LogP contribution in [-0.2, 0) is 20.9 Å². The molecular formula is C25H26N6O4. The number of hydrogen-bond acceptors (Lipinski definition) is 7. The zero-order valence-electron chi connectivity index (χ0n) is 18.9. The van der Waals surface area contributed by atoms with Crippen LogP contribution in [0.4, 0.5) is 5.69 Å². The molecule has 180 valence electrons. The molecule has 4 N–H and O–H groups in total. The van der Waals surface area contributed by atoms with Crippen molar-refractivity contribution in [2.75, 3.05) is 18.5 Å². The number of carbonyl (C=O) groups excluding carboxylic acids is 2. The van der Waals surface area contributed by atoms with E-state index in [1.54, 1.807) is 24.3 Å². The van der Waals surface area contributed by atoms with Crippen LogP contribution in [0.25, 0.3) is 0 Å². The third kappa shape index (κ3) is 8.37. The van der Waals surface area contributed by atoms with Crippen molar-refractivity contribution in [3.05, 3.63) is 90.5 Å². The van der Waals surface area contributed by atoms with Crippen molar-refractivity contribution in [1.82, 2.24) is 10.3 Å². The summed E-state index contributed by atoms with van der Waals surface area (Å²) in [5, 5.41) is 16.4. The molecule has 0 radical (unpaired) electrons. The van der Waals surface area contributed by atoms with Crippen LogP contribution < -0.4 is 15.4 Å². The number of carbonyl (C=O) groups is 2. The van der Waals surface area contributed by atoms with Crippen LogP contribution in [0.5, 0.6) is 11.5 Å². The third-order valence-electron chi connectivity index (χ3n) is 4.73. The van der Waals surface area contributed by atoms with Crippen LogP contribution >= 0.6 is 0 Å². The first-order valence-corrected chi connectivity index (χ1v) is 10.8. The van der Waals surface area contributed by atoms with Gasteiger partial charge in [0.1, 0.15) is 30.4 Å². The Kier molecular flexibility index (Phi) is 9.46. The van der Waals surface area contributed by atoms with Crippen LogP contribution in [0.3, 0.4) is 0 Å². The second-order valence-corrected chi connectivity index (χ2v) is 7.38. The quantitative estimate of drug-likeness (QED) is 0.128. The molecule has 0 aliphatic carbocycles. The first kappa shape index (κ1) is 25.1. The van der Waals surface area contributed by atoms with Crippen molar-refractivity contribution in [3.8, 4) is 11.5 Å². The summed E-state index contributed by atoms with van der Waals surface area (Å²) in [5.41, 5.74) is 8.41. The average Bonchev–Trinajstić information content (AvgIpc) is 2.89. The van der Waals surface area contributed by atoms with Crippen molar-refractivity contribution in [3.63, 3.8) is 0 Å². The summed E-state index contributed by atoms with van der Waals surface area (Å²) in [6, 6.07) is 24.6. The van der Waals surface area contributed by atoms with Gasteiger partial charge in [-0.1, -0.05) is 53.8 Å². The van der Waals surface area contributed by atoms with E-state index in [4.69, 9.17) is 20.4 Å². The number of anilines is 1. The van der Waals surface area contributed by atoms with E-state index in [9.17, 15) is 9.59 Å². The molecule has 1 atom stereocenters. The van der Waals surface area contributed by atoms with Gasteiger partial charge in [-0.3, -0.25) is 15.0 Å². The van der Waals surface area contributed by atoms with Gasteiger partial charge in [-0.15, -0.1) is 0 Å². The van der Waals surface area contributed by atoms with E-state index in [0.717, 1.165) is 16.9 Å². The second kappa shape index (κ2) is 13.2. The van der Waals surface area contributed by atoms with E-state index < -0.39 is 17.9 Å². The topological polar surface area (TPSA) is 140 Å². The first-order valence-electron chi connectivity index (χ1n) is 10.8. The standard InChI is InChI=1S/C25H26N6O4/c26-18-31(30-27)15-24(32)29-23(17-34-16-19-7-3-1-4-8-19)25(33)28-20-11-13-22(14-12-20)35-21-9-5-2-6-10-21/h1-14,18,23,26-27H,15-17H2,(H,28,33)(H,29,32). The minimum Gasteiger partial charge on any atom is -0.457 e. The third-order valence-corrected chi connectivity index (χ3v) is 4.73. The lowest BCUT2D eigenvalue weighted by atomic mass is 10.2. The summed E-state index contributed by atoms with van der Waals surface area (Å²) in [4.78, 5) is 25.3. The summed E-state index contributed by atoms with van der Waals surface area (Å²) >= 11 is 0. The molecular weight excluding hydrogens is 448 g/mol. The van der Waals surface area contributed by atoms with E-state index in [0.29, 0.717) is 17.2 Å². The summed E-state index contributed by atoms with van der Waals surface area (Å²) in [7, 11) is 0. The molecule has 0 aromatic heterocycles. The van der Waals surface area contributed by atoms with E-state index in [1.165, 1.54) is 0 Å². The molecule has 0 fully saturated rings. The predicted octanol–water partition coefficient (Wildman–Crippen LogP) is 3.97. The molecule has 0 saturated heterocycles. The Hall–Kier alpha value is -4.57. The highest BCUT2D eigenvalue weighted by Gasteiger charge is 2.22. The van der Waals surface area contributed by atoms with E-state index >= 15 is 0 Å². The van der Waals surface area contributed by atoms with Crippen molar-refractivity contribution < 1.29 is 19.1 Å². The number of nitrogens with zero attached hydrogens (tertiary/aromatic N) is 2. The molecule has 0 heterocycles. The van der Waals surface area contributed by atoms with Gasteiger partial charge >= 0.3 is 0 Å². The Balaban J connectivity index is 1.61. The van der Waals surface area contributed by atoms with Crippen molar-refractivity contribution >= 4 is 23.8 Å². The number of nitrogens with one attached hydrogen (secondary N) is 4. The Bertz CT molecular complexity index is 1100. The lowest BCUT2D eigenvalue weighted by Gasteiger charge is -2.20. The van der Waals surface area contributed by atoms with Gasteiger partial charge in [0.25, 0.3) is 0 Å². The van der Waals surface area contributed by atoms with Crippen LogP contribution in [0.1, 0.15) is 5.56 Å². The number of ether oxygens (including phenoxy) is 2. The minimum atomic E-state index is -1.01. The normalized spacial score (nSPS) is 11.1. The summed E-state index contributed by atoms with van der Waals surface area (Å²) in [6.07, 6.45) is 0.743. The molecule has 10 heteroatoms. The number of hydrogen-bond donors (Lipinski definition) is 4. The predicted molar refractivity (Wildman–Crippen MR) is 130 cm³/mol. The summed E-state index contributed by atoms with van der Waals surface area (Å²) < 4.78 is 11.4.